The molecular formula is C28H27ClF3N3O6S2. The van der Waals surface area contributed by atoms with Gasteiger partial charge in [-0.05, 0) is 67.3 Å². The minimum Gasteiger partial charge on any atom is -0.388 e. The molecule has 230 valence electrons. The second kappa shape index (κ2) is 11.5. The molecule has 3 unspecified atom stereocenters. The number of anilines is 1. The molecule has 15 heteroatoms. The predicted octanol–water partition coefficient (Wildman–Crippen LogP) is 4.32. The van der Waals surface area contributed by atoms with Crippen molar-refractivity contribution in [3.8, 4) is 0 Å². The second-order valence-electron chi connectivity index (χ2n) is 11.0. The monoisotopic (exact) mass is 657 g/mol. The number of nitrogens with zero attached hydrogens (tertiary/aromatic N) is 1. The SMILES string of the molecule is CC1CC2C[C@@H](S(=O)(=O)c3cc(C(=O)Nc4cc(F)c(F)c(F)c4)ccc3Cl)CC1[C@@]2(O)CNS(=O)(=O)c1cccnc1. The highest BCUT2D eigenvalue weighted by Gasteiger charge is 2.58. The second-order valence-corrected chi connectivity index (χ2v) is 15.4. The Bertz CT molecular complexity index is 1770. The molecule has 0 aliphatic heterocycles. The van der Waals surface area contributed by atoms with E-state index in [2.05, 4.69) is 15.0 Å². The molecule has 1 heterocycles. The van der Waals surface area contributed by atoms with Gasteiger partial charge in [-0.2, -0.15) is 0 Å². The normalized spacial score (nSPS) is 25.4. The fourth-order valence-electron chi connectivity index (χ4n) is 6.25. The molecule has 2 fully saturated rings. The van der Waals surface area contributed by atoms with Crippen molar-refractivity contribution >= 4 is 43.1 Å². The van der Waals surface area contributed by atoms with Gasteiger partial charge in [-0.15, -0.1) is 0 Å². The van der Waals surface area contributed by atoms with E-state index in [1.54, 1.807) is 0 Å². The molecule has 5 atom stereocenters. The number of sulfone groups is 1. The molecule has 1 aromatic heterocycles. The first-order chi connectivity index (χ1) is 20.1. The van der Waals surface area contributed by atoms with Crippen LogP contribution in [0.2, 0.25) is 5.02 Å². The molecule has 1 amide bonds. The van der Waals surface area contributed by atoms with E-state index in [9.17, 15) is 39.9 Å². The number of fused-ring (bicyclic) bond motifs is 2. The van der Waals surface area contributed by atoms with Crippen LogP contribution >= 0.6 is 11.6 Å². The van der Waals surface area contributed by atoms with E-state index in [-0.39, 0.29) is 51.4 Å². The Morgan fingerprint density at radius 1 is 1.07 bits per heavy atom. The van der Waals surface area contributed by atoms with Crippen LogP contribution in [0, 0.1) is 35.2 Å². The molecule has 0 saturated heterocycles. The Kier molecular flexibility index (Phi) is 8.37. The number of sulfonamides is 1. The van der Waals surface area contributed by atoms with Crippen LogP contribution in [0.25, 0.3) is 0 Å². The molecular weight excluding hydrogens is 631 g/mol. The standard InChI is InChI=1S/C28H27ClF3N3O6S2/c1-15-7-17-9-20(12-21(15)28(17,37)14-34-43(40,41)19-3-2-6-33-13-19)42(38,39)25-8-16(4-5-22(25)29)27(36)35-18-10-23(30)26(32)24(31)11-18/h2-6,8,10-11,13,15,17,20-21,34,37H,7,9,12,14H2,1H3,(H,35,36)/t15?,17?,20-,21?,28-/m1/s1. The number of amides is 1. The van der Waals surface area contributed by atoms with E-state index < -0.39 is 65.9 Å². The van der Waals surface area contributed by atoms with Crippen molar-refractivity contribution in [3.05, 3.63) is 82.9 Å². The van der Waals surface area contributed by atoms with Gasteiger partial charge in [0.25, 0.3) is 5.91 Å². The first-order valence-electron chi connectivity index (χ1n) is 13.2. The zero-order valence-corrected chi connectivity index (χ0v) is 25.0. The third-order valence-electron chi connectivity index (χ3n) is 8.43. The number of hydrogen-bond donors (Lipinski definition) is 3. The summed E-state index contributed by atoms with van der Waals surface area (Å²) in [5.41, 5.74) is -2.05. The number of pyridine rings is 1. The molecule has 0 spiro atoms. The fraction of sp³-hybridized carbons (Fsp3) is 0.357. The summed E-state index contributed by atoms with van der Waals surface area (Å²) in [6.07, 6.45) is 3.13. The van der Waals surface area contributed by atoms with Gasteiger partial charge in [0.15, 0.2) is 27.3 Å². The van der Waals surface area contributed by atoms with E-state index in [0.29, 0.717) is 18.6 Å². The lowest BCUT2D eigenvalue weighted by molar-refractivity contribution is -0.0576. The quantitative estimate of drug-likeness (QED) is 0.306. The van der Waals surface area contributed by atoms with E-state index >= 15 is 0 Å². The van der Waals surface area contributed by atoms with Crippen LogP contribution < -0.4 is 10.0 Å². The number of aliphatic hydroxyl groups is 1. The van der Waals surface area contributed by atoms with E-state index in [4.69, 9.17) is 11.6 Å². The lowest BCUT2D eigenvalue weighted by Crippen LogP contribution is -2.55. The average Bonchev–Trinajstić information content (AvgIpc) is 3.07. The fourth-order valence-corrected chi connectivity index (χ4v) is 9.67. The van der Waals surface area contributed by atoms with Crippen molar-refractivity contribution < 1.29 is 39.9 Å². The summed E-state index contributed by atoms with van der Waals surface area (Å²) < 4.78 is 96.2. The molecule has 2 bridgehead atoms. The van der Waals surface area contributed by atoms with Crippen molar-refractivity contribution in [2.24, 2.45) is 17.8 Å². The van der Waals surface area contributed by atoms with Crippen molar-refractivity contribution in [1.82, 2.24) is 9.71 Å². The molecule has 2 saturated carbocycles. The molecule has 3 aromatic rings. The van der Waals surface area contributed by atoms with Crippen LogP contribution in [-0.4, -0.2) is 50.2 Å². The third kappa shape index (κ3) is 5.90. The van der Waals surface area contributed by atoms with Gasteiger partial charge < -0.3 is 10.4 Å². The predicted molar refractivity (Wildman–Crippen MR) is 151 cm³/mol. The summed E-state index contributed by atoms with van der Waals surface area (Å²) in [5, 5.41) is 12.7. The van der Waals surface area contributed by atoms with Gasteiger partial charge in [0.2, 0.25) is 10.0 Å². The first-order valence-corrected chi connectivity index (χ1v) is 16.7. The minimum absolute atomic E-state index is 0.0198. The van der Waals surface area contributed by atoms with Gasteiger partial charge in [0.05, 0.1) is 20.8 Å². The summed E-state index contributed by atoms with van der Waals surface area (Å²) in [6.45, 7) is 1.57. The van der Waals surface area contributed by atoms with Gasteiger partial charge in [-0.25, -0.2) is 34.7 Å². The smallest absolute Gasteiger partial charge is 0.255 e. The number of aromatic nitrogens is 1. The summed E-state index contributed by atoms with van der Waals surface area (Å²) >= 11 is 6.27. The van der Waals surface area contributed by atoms with Crippen LogP contribution in [0.15, 0.2) is 64.6 Å². The molecule has 43 heavy (non-hydrogen) atoms. The van der Waals surface area contributed by atoms with Crippen molar-refractivity contribution in [3.63, 3.8) is 0 Å². The lowest BCUT2D eigenvalue weighted by atomic mass is 9.73. The van der Waals surface area contributed by atoms with E-state index in [1.165, 1.54) is 36.7 Å². The van der Waals surface area contributed by atoms with Crippen LogP contribution in [0.1, 0.15) is 36.5 Å². The van der Waals surface area contributed by atoms with Crippen molar-refractivity contribution in [1.29, 1.82) is 0 Å². The molecule has 2 aromatic carbocycles. The third-order valence-corrected chi connectivity index (χ3v) is 12.5. The number of nitrogens with one attached hydrogen (secondary N) is 2. The Morgan fingerprint density at radius 3 is 2.40 bits per heavy atom. The molecule has 9 nitrogen and oxygen atoms in total. The number of hydrogen-bond acceptors (Lipinski definition) is 7. The van der Waals surface area contributed by atoms with Gasteiger partial charge in [-0.1, -0.05) is 18.5 Å². The number of benzene rings is 2. The first kappa shape index (κ1) is 31.4. The Balaban J connectivity index is 1.36. The maximum atomic E-state index is 13.8. The lowest BCUT2D eigenvalue weighted by Gasteiger charge is -2.43. The highest BCUT2D eigenvalue weighted by Crippen LogP contribution is 2.54. The van der Waals surface area contributed by atoms with Crippen molar-refractivity contribution in [2.45, 2.75) is 46.8 Å². The average molecular weight is 658 g/mol. The zero-order chi connectivity index (χ0) is 31.3. The zero-order valence-electron chi connectivity index (χ0n) is 22.6. The number of carbonyl (C=O) groups is 1. The summed E-state index contributed by atoms with van der Waals surface area (Å²) in [4.78, 5) is 16.2. The van der Waals surface area contributed by atoms with Gasteiger partial charge in [-0.3, -0.25) is 9.78 Å². The van der Waals surface area contributed by atoms with Crippen LogP contribution in [0.4, 0.5) is 18.9 Å². The van der Waals surface area contributed by atoms with Crippen molar-refractivity contribution in [2.75, 3.05) is 11.9 Å². The van der Waals surface area contributed by atoms with Crippen LogP contribution in [-0.2, 0) is 19.9 Å². The molecule has 3 N–H and O–H groups in total. The van der Waals surface area contributed by atoms with Gasteiger partial charge in [0.1, 0.15) is 4.90 Å². The minimum atomic E-state index is -4.17. The number of halogens is 4. The number of carbonyl (C=O) groups excluding carboxylic acids is 1. The molecule has 5 rings (SSSR count). The van der Waals surface area contributed by atoms with E-state index in [1.807, 2.05) is 6.92 Å². The molecule has 2 aliphatic carbocycles. The van der Waals surface area contributed by atoms with Gasteiger partial charge in [0, 0.05) is 42.3 Å². The topological polar surface area (TPSA) is 143 Å². The maximum Gasteiger partial charge on any atom is 0.255 e. The Labute approximate surface area is 251 Å². The summed E-state index contributed by atoms with van der Waals surface area (Å²) in [5.74, 6) is -6.86. The van der Waals surface area contributed by atoms with Gasteiger partial charge >= 0.3 is 0 Å². The Hall–Kier alpha value is -3.04. The highest BCUT2D eigenvalue weighted by atomic mass is 35.5. The van der Waals surface area contributed by atoms with Crippen LogP contribution in [0.5, 0.6) is 0 Å². The van der Waals surface area contributed by atoms with E-state index in [0.717, 1.165) is 6.07 Å². The molecule has 0 radical (unpaired) electrons. The summed E-state index contributed by atoms with van der Waals surface area (Å²) in [6, 6.07) is 7.50. The molecule has 2 aliphatic rings. The highest BCUT2D eigenvalue weighted by molar-refractivity contribution is 7.92. The largest absolute Gasteiger partial charge is 0.388 e. The number of rotatable bonds is 8. The van der Waals surface area contributed by atoms with Crippen LogP contribution in [0.3, 0.4) is 0 Å². The Morgan fingerprint density at radius 2 is 1.77 bits per heavy atom. The maximum absolute atomic E-state index is 13.8. The summed E-state index contributed by atoms with van der Waals surface area (Å²) in [7, 11) is -8.14.